The lowest BCUT2D eigenvalue weighted by Gasteiger charge is -2.11. The normalized spacial score (nSPS) is 10.5. The van der Waals surface area contributed by atoms with Crippen LogP contribution in [0.2, 0.25) is 0 Å². The van der Waals surface area contributed by atoms with Crippen molar-refractivity contribution in [1.82, 2.24) is 0 Å². The maximum absolute atomic E-state index is 13.1. The van der Waals surface area contributed by atoms with Crippen molar-refractivity contribution in [2.45, 2.75) is 26.5 Å². The maximum atomic E-state index is 13.1. The van der Waals surface area contributed by atoms with Crippen molar-refractivity contribution < 1.29 is 9.50 Å². The molecule has 0 aromatic heterocycles. The number of anilines is 1. The van der Waals surface area contributed by atoms with E-state index in [1.165, 1.54) is 6.07 Å². The molecule has 0 saturated heterocycles. The van der Waals surface area contributed by atoms with E-state index in [-0.39, 0.29) is 18.5 Å². The van der Waals surface area contributed by atoms with E-state index in [1.54, 1.807) is 12.1 Å². The first-order chi connectivity index (χ1) is 6.13. The van der Waals surface area contributed by atoms with E-state index in [1.807, 2.05) is 13.8 Å². The molecule has 0 radical (unpaired) electrons. The molecule has 1 aromatic carbocycles. The number of aliphatic hydroxyl groups excluding tert-OH is 1. The molecule has 0 spiro atoms. The Balaban J connectivity index is 2.90. The number of rotatable bonds is 3. The van der Waals surface area contributed by atoms with Crippen molar-refractivity contribution in [3.8, 4) is 0 Å². The highest BCUT2D eigenvalue weighted by Crippen LogP contribution is 2.16. The fraction of sp³-hybridized carbons (Fsp3) is 0.400. The van der Waals surface area contributed by atoms with Crippen LogP contribution in [0.3, 0.4) is 0 Å². The minimum Gasteiger partial charge on any atom is -0.392 e. The molecule has 0 bridgehead atoms. The Hall–Kier alpha value is -1.09. The second-order valence-electron chi connectivity index (χ2n) is 3.27. The summed E-state index contributed by atoms with van der Waals surface area (Å²) < 4.78 is 13.1. The van der Waals surface area contributed by atoms with Gasteiger partial charge in [0.15, 0.2) is 0 Å². The van der Waals surface area contributed by atoms with Crippen molar-refractivity contribution >= 4 is 5.69 Å². The van der Waals surface area contributed by atoms with Gasteiger partial charge < -0.3 is 10.4 Å². The maximum Gasteiger partial charge on any atom is 0.146 e. The monoisotopic (exact) mass is 183 g/mol. The van der Waals surface area contributed by atoms with Crippen LogP contribution in [0.4, 0.5) is 10.1 Å². The van der Waals surface area contributed by atoms with Crippen molar-refractivity contribution in [2.75, 3.05) is 5.32 Å². The third-order valence-corrected chi connectivity index (χ3v) is 1.66. The topological polar surface area (TPSA) is 32.3 Å². The van der Waals surface area contributed by atoms with Crippen LogP contribution < -0.4 is 5.32 Å². The third-order valence-electron chi connectivity index (χ3n) is 1.66. The first-order valence-corrected chi connectivity index (χ1v) is 4.29. The molecule has 0 amide bonds. The summed E-state index contributed by atoms with van der Waals surface area (Å²) in [5.74, 6) is -0.286. The first-order valence-electron chi connectivity index (χ1n) is 4.29. The summed E-state index contributed by atoms with van der Waals surface area (Å²) in [6.45, 7) is 3.81. The zero-order valence-corrected chi connectivity index (χ0v) is 7.84. The Morgan fingerprint density at radius 3 is 2.69 bits per heavy atom. The molecule has 1 rings (SSSR count). The summed E-state index contributed by atoms with van der Waals surface area (Å²) in [6, 6.07) is 4.73. The second kappa shape index (κ2) is 4.23. The summed E-state index contributed by atoms with van der Waals surface area (Å²) in [4.78, 5) is 0. The van der Waals surface area contributed by atoms with Gasteiger partial charge >= 0.3 is 0 Å². The van der Waals surface area contributed by atoms with Gasteiger partial charge in [-0.05, 0) is 31.5 Å². The van der Waals surface area contributed by atoms with E-state index in [2.05, 4.69) is 5.32 Å². The molecule has 0 heterocycles. The van der Waals surface area contributed by atoms with E-state index in [9.17, 15) is 4.39 Å². The van der Waals surface area contributed by atoms with Gasteiger partial charge in [0.25, 0.3) is 0 Å². The van der Waals surface area contributed by atoms with E-state index < -0.39 is 0 Å². The molecule has 0 aliphatic carbocycles. The molecule has 2 N–H and O–H groups in total. The Kier molecular flexibility index (Phi) is 3.25. The van der Waals surface area contributed by atoms with E-state index in [0.717, 1.165) is 0 Å². The molecule has 0 unspecified atom stereocenters. The Morgan fingerprint density at radius 1 is 1.46 bits per heavy atom. The molecule has 0 aliphatic rings. The highest BCUT2D eigenvalue weighted by atomic mass is 19.1. The van der Waals surface area contributed by atoms with E-state index >= 15 is 0 Å². The van der Waals surface area contributed by atoms with Gasteiger partial charge in [0.05, 0.1) is 12.3 Å². The van der Waals surface area contributed by atoms with Crippen LogP contribution in [-0.2, 0) is 6.61 Å². The average molecular weight is 183 g/mol. The predicted molar refractivity (Wildman–Crippen MR) is 51.1 cm³/mol. The minimum absolute atomic E-state index is 0.0624. The number of hydrogen-bond donors (Lipinski definition) is 2. The van der Waals surface area contributed by atoms with Gasteiger partial charge in [-0.15, -0.1) is 0 Å². The smallest absolute Gasteiger partial charge is 0.146 e. The standard InChI is InChI=1S/C10H14FNO/c1-7(2)12-10-5-8(6-13)3-4-9(10)11/h3-5,7,12-13H,6H2,1-2H3. The number of aliphatic hydroxyl groups is 1. The molecule has 13 heavy (non-hydrogen) atoms. The highest BCUT2D eigenvalue weighted by molar-refractivity contribution is 5.47. The van der Waals surface area contributed by atoms with Crippen molar-refractivity contribution in [3.05, 3.63) is 29.6 Å². The summed E-state index contributed by atoms with van der Waals surface area (Å²) in [5, 5.41) is 11.8. The van der Waals surface area contributed by atoms with Gasteiger partial charge in [-0.3, -0.25) is 0 Å². The molecule has 0 atom stereocenters. The quantitative estimate of drug-likeness (QED) is 0.752. The molecule has 0 saturated carbocycles. The second-order valence-corrected chi connectivity index (χ2v) is 3.27. The lowest BCUT2D eigenvalue weighted by Crippen LogP contribution is -2.11. The minimum atomic E-state index is -0.286. The van der Waals surface area contributed by atoms with Crippen LogP contribution in [0.15, 0.2) is 18.2 Å². The number of benzene rings is 1. The predicted octanol–water partition coefficient (Wildman–Crippen LogP) is 2.14. The molecular weight excluding hydrogens is 169 g/mol. The zero-order valence-electron chi connectivity index (χ0n) is 7.84. The fourth-order valence-electron chi connectivity index (χ4n) is 1.09. The van der Waals surface area contributed by atoms with Crippen LogP contribution in [0.5, 0.6) is 0 Å². The molecule has 0 aliphatic heterocycles. The van der Waals surface area contributed by atoms with Crippen LogP contribution >= 0.6 is 0 Å². The lowest BCUT2D eigenvalue weighted by atomic mass is 10.2. The zero-order chi connectivity index (χ0) is 9.84. The first kappa shape index (κ1) is 9.99. The molecule has 0 fully saturated rings. The average Bonchev–Trinajstić information content (AvgIpc) is 2.08. The van der Waals surface area contributed by atoms with Crippen LogP contribution in [0.25, 0.3) is 0 Å². The van der Waals surface area contributed by atoms with Crippen molar-refractivity contribution in [3.63, 3.8) is 0 Å². The third kappa shape index (κ3) is 2.70. The van der Waals surface area contributed by atoms with E-state index in [0.29, 0.717) is 11.3 Å². The number of nitrogens with one attached hydrogen (secondary N) is 1. The molecule has 3 heteroatoms. The summed E-state index contributed by atoms with van der Waals surface area (Å²) >= 11 is 0. The largest absolute Gasteiger partial charge is 0.392 e. The Labute approximate surface area is 77.4 Å². The van der Waals surface area contributed by atoms with Gasteiger partial charge in [0, 0.05) is 6.04 Å². The molecular formula is C10H14FNO. The van der Waals surface area contributed by atoms with Gasteiger partial charge in [0.2, 0.25) is 0 Å². The fourth-order valence-corrected chi connectivity index (χ4v) is 1.09. The molecule has 2 nitrogen and oxygen atoms in total. The van der Waals surface area contributed by atoms with Gasteiger partial charge in [0.1, 0.15) is 5.82 Å². The number of halogens is 1. The SMILES string of the molecule is CC(C)Nc1cc(CO)ccc1F. The van der Waals surface area contributed by atoms with Crippen LogP contribution in [0.1, 0.15) is 19.4 Å². The van der Waals surface area contributed by atoms with Gasteiger partial charge in [-0.2, -0.15) is 0 Å². The molecule has 72 valence electrons. The Bertz CT molecular complexity index is 286. The molecule has 1 aromatic rings. The summed E-state index contributed by atoms with van der Waals surface area (Å²) in [7, 11) is 0. The van der Waals surface area contributed by atoms with Crippen molar-refractivity contribution in [2.24, 2.45) is 0 Å². The van der Waals surface area contributed by atoms with E-state index in [4.69, 9.17) is 5.11 Å². The van der Waals surface area contributed by atoms with Crippen molar-refractivity contribution in [1.29, 1.82) is 0 Å². The highest BCUT2D eigenvalue weighted by Gasteiger charge is 2.03. The summed E-state index contributed by atoms with van der Waals surface area (Å²) in [5.41, 5.74) is 1.16. The number of hydrogen-bond acceptors (Lipinski definition) is 2. The summed E-state index contributed by atoms with van der Waals surface area (Å²) in [6.07, 6.45) is 0. The lowest BCUT2D eigenvalue weighted by molar-refractivity contribution is 0.282. The van der Waals surface area contributed by atoms with Crippen LogP contribution in [0, 0.1) is 5.82 Å². The van der Waals surface area contributed by atoms with Gasteiger partial charge in [-0.1, -0.05) is 6.07 Å². The Morgan fingerprint density at radius 2 is 2.15 bits per heavy atom. The van der Waals surface area contributed by atoms with Gasteiger partial charge in [-0.25, -0.2) is 4.39 Å². The van der Waals surface area contributed by atoms with Crippen LogP contribution in [-0.4, -0.2) is 11.1 Å².